The van der Waals surface area contributed by atoms with Gasteiger partial charge >= 0.3 is 11.6 Å². The number of hydrogen-bond acceptors (Lipinski definition) is 6. The molecule has 4 rings (SSSR count). The summed E-state index contributed by atoms with van der Waals surface area (Å²) in [7, 11) is 1.22. The fourth-order valence-electron chi connectivity index (χ4n) is 2.96. The van der Waals surface area contributed by atoms with E-state index < -0.39 is 11.6 Å². The number of nitrogens with zero attached hydrogens (tertiary/aromatic N) is 1. The van der Waals surface area contributed by atoms with Crippen LogP contribution in [0.15, 0.2) is 51.7 Å². The normalized spacial score (nSPS) is 13.2. The molecule has 2 aromatic carbocycles. The van der Waals surface area contributed by atoms with Gasteiger partial charge in [-0.05, 0) is 42.5 Å². The van der Waals surface area contributed by atoms with Gasteiger partial charge in [0.2, 0.25) is 0 Å². The van der Waals surface area contributed by atoms with Gasteiger partial charge < -0.3 is 18.8 Å². The zero-order valence-corrected chi connectivity index (χ0v) is 14.6. The number of methoxy groups -OCH3 is 1. The van der Waals surface area contributed by atoms with Gasteiger partial charge in [-0.2, -0.15) is 0 Å². The summed E-state index contributed by atoms with van der Waals surface area (Å²) in [6.07, 6.45) is 0. The first-order valence-corrected chi connectivity index (χ1v) is 8.26. The Kier molecular flexibility index (Phi) is 4.05. The quantitative estimate of drug-likeness (QED) is 0.506. The molecule has 6 nitrogen and oxygen atoms in total. The molecule has 1 aliphatic rings. The Morgan fingerprint density at radius 1 is 1.19 bits per heavy atom. The number of rotatable bonds is 2. The molecule has 0 radical (unpaired) electrons. The van der Waals surface area contributed by atoms with Crippen LogP contribution in [0.3, 0.4) is 0 Å². The van der Waals surface area contributed by atoms with E-state index in [0.717, 1.165) is 11.3 Å². The first-order valence-electron chi connectivity index (χ1n) is 7.88. The topological polar surface area (TPSA) is 69.0 Å². The third kappa shape index (κ3) is 2.78. The van der Waals surface area contributed by atoms with Crippen LogP contribution < -0.4 is 15.3 Å². The predicted molar refractivity (Wildman–Crippen MR) is 97.0 cm³/mol. The lowest BCUT2D eigenvalue weighted by atomic mass is 10.1. The number of carbonyl (C=O) groups is 1. The molecule has 0 aliphatic carbocycles. The number of esters is 1. The van der Waals surface area contributed by atoms with Gasteiger partial charge in [0.25, 0.3) is 0 Å². The van der Waals surface area contributed by atoms with E-state index in [9.17, 15) is 9.59 Å². The molecule has 0 atom stereocenters. The molecular weight excluding hydrogens is 358 g/mol. The van der Waals surface area contributed by atoms with Crippen molar-refractivity contribution in [2.45, 2.75) is 6.54 Å². The highest BCUT2D eigenvalue weighted by molar-refractivity contribution is 6.30. The Morgan fingerprint density at radius 3 is 2.69 bits per heavy atom. The minimum atomic E-state index is -0.735. The molecule has 0 N–H and O–H groups in total. The molecular formula is C19H14ClNO5. The number of hydrogen-bond donors (Lipinski definition) is 0. The summed E-state index contributed by atoms with van der Waals surface area (Å²) in [6.45, 7) is 0.861. The van der Waals surface area contributed by atoms with Gasteiger partial charge in [0.1, 0.15) is 16.9 Å². The maximum Gasteiger partial charge on any atom is 0.351 e. The summed E-state index contributed by atoms with van der Waals surface area (Å²) in [5.41, 5.74) is 1.22. The number of ether oxygens (including phenoxy) is 2. The van der Waals surface area contributed by atoms with Gasteiger partial charge in [-0.25, -0.2) is 9.59 Å². The minimum absolute atomic E-state index is 0.133. The molecule has 2 heterocycles. The van der Waals surface area contributed by atoms with E-state index >= 15 is 0 Å². The molecule has 26 heavy (non-hydrogen) atoms. The number of fused-ring (bicyclic) bond motifs is 3. The lowest BCUT2D eigenvalue weighted by Crippen LogP contribution is -2.32. The highest BCUT2D eigenvalue weighted by Crippen LogP contribution is 2.34. The van der Waals surface area contributed by atoms with Crippen LogP contribution in [0.4, 0.5) is 5.69 Å². The Hall–Kier alpha value is -2.99. The Bertz CT molecular complexity index is 1060. The SMILES string of the molecule is COC(=O)c1cc2ccc3c(c2oc1=O)CN(c1ccc(Cl)cc1)CO3. The van der Waals surface area contributed by atoms with E-state index in [0.29, 0.717) is 35.0 Å². The number of benzene rings is 2. The fourth-order valence-corrected chi connectivity index (χ4v) is 3.09. The van der Waals surface area contributed by atoms with Crippen LogP contribution >= 0.6 is 11.6 Å². The van der Waals surface area contributed by atoms with Crippen LogP contribution in [0.2, 0.25) is 5.02 Å². The molecule has 132 valence electrons. The molecule has 7 heteroatoms. The lowest BCUT2D eigenvalue weighted by molar-refractivity contribution is 0.0596. The molecule has 1 aliphatic heterocycles. The molecule has 0 fully saturated rings. The van der Waals surface area contributed by atoms with E-state index in [2.05, 4.69) is 4.74 Å². The van der Waals surface area contributed by atoms with Crippen LogP contribution in [0, 0.1) is 0 Å². The van der Waals surface area contributed by atoms with Gasteiger partial charge in [0, 0.05) is 16.1 Å². The number of anilines is 1. The summed E-state index contributed by atoms with van der Waals surface area (Å²) in [5.74, 6) is -0.0749. The van der Waals surface area contributed by atoms with Gasteiger partial charge in [0.05, 0.1) is 19.2 Å². The van der Waals surface area contributed by atoms with Crippen molar-refractivity contribution in [3.05, 3.63) is 69.0 Å². The number of halogens is 1. The summed E-state index contributed by atoms with van der Waals surface area (Å²) in [4.78, 5) is 25.9. The van der Waals surface area contributed by atoms with Gasteiger partial charge in [0.15, 0.2) is 6.73 Å². The van der Waals surface area contributed by atoms with Gasteiger partial charge in [-0.1, -0.05) is 11.6 Å². The average molecular weight is 372 g/mol. The van der Waals surface area contributed by atoms with Crippen LogP contribution in [0.25, 0.3) is 11.0 Å². The average Bonchev–Trinajstić information content (AvgIpc) is 2.67. The molecule has 3 aromatic rings. The summed E-state index contributed by atoms with van der Waals surface area (Å²) in [6, 6.07) is 12.4. The highest BCUT2D eigenvalue weighted by Gasteiger charge is 2.23. The Morgan fingerprint density at radius 2 is 1.96 bits per heavy atom. The van der Waals surface area contributed by atoms with E-state index in [1.165, 1.54) is 13.2 Å². The molecule has 0 unspecified atom stereocenters. The molecule has 0 saturated carbocycles. The van der Waals surface area contributed by atoms with Crippen LogP contribution in [0.5, 0.6) is 5.75 Å². The summed E-state index contributed by atoms with van der Waals surface area (Å²) >= 11 is 5.94. The molecule has 0 amide bonds. The van der Waals surface area contributed by atoms with Crippen LogP contribution in [-0.4, -0.2) is 19.8 Å². The molecule has 0 bridgehead atoms. The van der Waals surface area contributed by atoms with Crippen molar-refractivity contribution >= 4 is 34.2 Å². The lowest BCUT2D eigenvalue weighted by Gasteiger charge is -2.31. The van der Waals surface area contributed by atoms with Crippen molar-refractivity contribution < 1.29 is 18.7 Å². The smallest absolute Gasteiger partial charge is 0.351 e. The van der Waals surface area contributed by atoms with Crippen molar-refractivity contribution in [3.8, 4) is 5.75 Å². The van der Waals surface area contributed by atoms with Crippen LogP contribution in [-0.2, 0) is 11.3 Å². The monoisotopic (exact) mass is 371 g/mol. The molecule has 1 aromatic heterocycles. The third-order valence-corrected chi connectivity index (χ3v) is 4.54. The first kappa shape index (κ1) is 16.5. The van der Waals surface area contributed by atoms with E-state index in [1.54, 1.807) is 24.3 Å². The van der Waals surface area contributed by atoms with Crippen LogP contribution in [0.1, 0.15) is 15.9 Å². The second-order valence-corrected chi connectivity index (χ2v) is 6.28. The second kappa shape index (κ2) is 6.38. The standard InChI is InChI=1S/C19H14ClNO5/c1-24-18(22)14-8-11-2-7-16-15(17(11)26-19(14)23)9-21(10-25-16)13-5-3-12(20)4-6-13/h2-8H,9-10H2,1H3. The third-order valence-electron chi connectivity index (χ3n) is 4.28. The van der Waals surface area contributed by atoms with Crippen molar-refractivity contribution in [3.63, 3.8) is 0 Å². The van der Waals surface area contributed by atoms with Gasteiger partial charge in [-0.3, -0.25) is 0 Å². The van der Waals surface area contributed by atoms with Crippen molar-refractivity contribution in [1.29, 1.82) is 0 Å². The fraction of sp³-hybridized carbons (Fsp3) is 0.158. The van der Waals surface area contributed by atoms with Crippen molar-refractivity contribution in [1.82, 2.24) is 0 Å². The molecule has 0 spiro atoms. The van der Waals surface area contributed by atoms with E-state index in [-0.39, 0.29) is 5.56 Å². The zero-order valence-electron chi connectivity index (χ0n) is 13.8. The summed E-state index contributed by atoms with van der Waals surface area (Å²) < 4.78 is 15.9. The summed E-state index contributed by atoms with van der Waals surface area (Å²) in [5, 5.41) is 1.28. The largest absolute Gasteiger partial charge is 0.473 e. The number of carbonyl (C=O) groups excluding carboxylic acids is 1. The maximum atomic E-state index is 12.2. The van der Waals surface area contributed by atoms with Crippen molar-refractivity contribution in [2.75, 3.05) is 18.7 Å². The Balaban J connectivity index is 1.79. The first-order chi connectivity index (χ1) is 12.6. The van der Waals surface area contributed by atoms with Crippen molar-refractivity contribution in [2.24, 2.45) is 0 Å². The predicted octanol–water partition coefficient (Wildman–Crippen LogP) is 3.59. The maximum absolute atomic E-state index is 12.2. The molecule has 0 saturated heterocycles. The van der Waals surface area contributed by atoms with Gasteiger partial charge in [-0.15, -0.1) is 0 Å². The Labute approximate surface area is 153 Å². The highest BCUT2D eigenvalue weighted by atomic mass is 35.5. The zero-order chi connectivity index (χ0) is 18.3. The van der Waals surface area contributed by atoms with E-state index in [4.69, 9.17) is 20.8 Å². The second-order valence-electron chi connectivity index (χ2n) is 5.85. The minimum Gasteiger partial charge on any atom is -0.473 e. The van der Waals surface area contributed by atoms with E-state index in [1.807, 2.05) is 17.0 Å².